The normalized spacial score (nSPS) is 12.7. The summed E-state index contributed by atoms with van der Waals surface area (Å²) in [5, 5.41) is 2.32. The number of para-hydroxylation sites is 1. The molecule has 0 unspecified atom stereocenters. The Morgan fingerprint density at radius 2 is 0.766 bits per heavy atom. The van der Waals surface area contributed by atoms with Gasteiger partial charge in [0.2, 0.25) is 0 Å². The van der Waals surface area contributed by atoms with Crippen molar-refractivity contribution in [2.24, 2.45) is 0 Å². The molecule has 302 valence electrons. The second-order valence-corrected chi connectivity index (χ2v) is 16.7. The first-order chi connectivity index (χ1) is 31.5. The van der Waals surface area contributed by atoms with Crippen LogP contribution in [0.5, 0.6) is 0 Å². The fraction of sp³-hybridized carbons (Fsp3) is 0.0526. The quantitative estimate of drug-likeness (QED) is 0.159. The third-order valence-electron chi connectivity index (χ3n) is 12.5. The van der Waals surface area contributed by atoms with Crippen LogP contribution in [-0.4, -0.2) is 34.5 Å². The SMILES string of the molecule is CC1(C)c2ccccc2-c2cc3c4ccccc4n(-c4cc(-c5nc(-c6ccccc6)nc(-c6ccccc6)n5)ccc4-c4nc(-c5ccccc5)nc(-c5ccccc5)n4)c3cc21. The molecular formula is C57H39N7. The molecule has 1 aliphatic carbocycles. The Bertz CT molecular complexity index is 3450. The monoisotopic (exact) mass is 821 g/mol. The van der Waals surface area contributed by atoms with Gasteiger partial charge in [0.05, 0.1) is 16.7 Å². The number of rotatable bonds is 7. The minimum Gasteiger partial charge on any atom is -0.308 e. The van der Waals surface area contributed by atoms with Crippen molar-refractivity contribution < 1.29 is 0 Å². The van der Waals surface area contributed by atoms with E-state index < -0.39 is 0 Å². The Balaban J connectivity index is 1.17. The minimum absolute atomic E-state index is 0.206. The summed E-state index contributed by atoms with van der Waals surface area (Å²) >= 11 is 0. The molecule has 0 atom stereocenters. The lowest BCUT2D eigenvalue weighted by Gasteiger charge is -2.22. The van der Waals surface area contributed by atoms with Gasteiger partial charge in [0.1, 0.15) is 0 Å². The minimum atomic E-state index is -0.206. The predicted molar refractivity (Wildman–Crippen MR) is 258 cm³/mol. The van der Waals surface area contributed by atoms with Crippen LogP contribution in [0.3, 0.4) is 0 Å². The first kappa shape index (κ1) is 37.4. The van der Waals surface area contributed by atoms with E-state index in [1.54, 1.807) is 0 Å². The van der Waals surface area contributed by atoms with Crippen LogP contribution in [0, 0.1) is 0 Å². The first-order valence-electron chi connectivity index (χ1n) is 21.5. The van der Waals surface area contributed by atoms with Gasteiger partial charge in [0.15, 0.2) is 34.9 Å². The van der Waals surface area contributed by atoms with E-state index in [2.05, 4.69) is 97.3 Å². The van der Waals surface area contributed by atoms with Crippen molar-refractivity contribution >= 4 is 21.8 Å². The summed E-state index contributed by atoms with van der Waals surface area (Å²) in [5.74, 6) is 3.50. The molecule has 0 amide bonds. The average Bonchev–Trinajstić information content (AvgIpc) is 3.81. The third-order valence-corrected chi connectivity index (χ3v) is 12.5. The van der Waals surface area contributed by atoms with Crippen LogP contribution in [0.1, 0.15) is 25.0 Å². The van der Waals surface area contributed by atoms with E-state index in [-0.39, 0.29) is 5.41 Å². The highest BCUT2D eigenvalue weighted by Crippen LogP contribution is 2.51. The van der Waals surface area contributed by atoms with Gasteiger partial charge in [0.25, 0.3) is 0 Å². The maximum Gasteiger partial charge on any atom is 0.166 e. The molecule has 3 aromatic heterocycles. The van der Waals surface area contributed by atoms with Gasteiger partial charge in [-0.15, -0.1) is 0 Å². The second-order valence-electron chi connectivity index (χ2n) is 16.7. The zero-order valence-electron chi connectivity index (χ0n) is 35.2. The molecule has 12 rings (SSSR count). The fourth-order valence-electron chi connectivity index (χ4n) is 9.33. The number of nitrogens with zero attached hydrogens (tertiary/aromatic N) is 7. The molecule has 0 saturated carbocycles. The summed E-state index contributed by atoms with van der Waals surface area (Å²) in [5.41, 5.74) is 13.3. The van der Waals surface area contributed by atoms with Crippen LogP contribution in [0.25, 0.3) is 107 Å². The molecule has 0 fully saturated rings. The number of benzene rings is 8. The Morgan fingerprint density at radius 3 is 1.31 bits per heavy atom. The van der Waals surface area contributed by atoms with Gasteiger partial charge in [0, 0.05) is 49.6 Å². The molecule has 0 N–H and O–H groups in total. The van der Waals surface area contributed by atoms with Crippen molar-refractivity contribution in [2.45, 2.75) is 19.3 Å². The van der Waals surface area contributed by atoms with Crippen LogP contribution in [0.4, 0.5) is 0 Å². The van der Waals surface area contributed by atoms with Gasteiger partial charge in [-0.3, -0.25) is 0 Å². The van der Waals surface area contributed by atoms with E-state index >= 15 is 0 Å². The van der Waals surface area contributed by atoms with E-state index in [9.17, 15) is 0 Å². The van der Waals surface area contributed by atoms with E-state index in [0.717, 1.165) is 55.5 Å². The first-order valence-corrected chi connectivity index (χ1v) is 21.5. The summed E-state index contributed by atoms with van der Waals surface area (Å²) in [6.45, 7) is 4.66. The maximum absolute atomic E-state index is 5.27. The van der Waals surface area contributed by atoms with Gasteiger partial charge in [-0.05, 0) is 52.6 Å². The maximum atomic E-state index is 5.27. The highest BCUT2D eigenvalue weighted by molar-refractivity contribution is 6.12. The molecule has 0 bridgehead atoms. The van der Waals surface area contributed by atoms with E-state index in [0.29, 0.717) is 34.9 Å². The molecule has 3 heterocycles. The third kappa shape index (κ3) is 6.20. The summed E-state index contributed by atoms with van der Waals surface area (Å²) in [6.07, 6.45) is 0. The topological polar surface area (TPSA) is 82.3 Å². The lowest BCUT2D eigenvalue weighted by atomic mass is 9.82. The molecular weight excluding hydrogens is 783 g/mol. The van der Waals surface area contributed by atoms with Crippen molar-refractivity contribution in [3.63, 3.8) is 0 Å². The summed E-state index contributed by atoms with van der Waals surface area (Å²) in [6, 6.07) is 69.1. The number of aromatic nitrogens is 7. The van der Waals surface area contributed by atoms with Gasteiger partial charge < -0.3 is 4.57 Å². The molecule has 0 aliphatic heterocycles. The highest BCUT2D eigenvalue weighted by Gasteiger charge is 2.36. The van der Waals surface area contributed by atoms with E-state index in [4.69, 9.17) is 29.9 Å². The molecule has 0 radical (unpaired) electrons. The Kier molecular flexibility index (Phi) is 8.69. The Morgan fingerprint density at radius 1 is 0.312 bits per heavy atom. The van der Waals surface area contributed by atoms with Gasteiger partial charge in [-0.25, -0.2) is 29.9 Å². The number of hydrogen-bond acceptors (Lipinski definition) is 6. The van der Waals surface area contributed by atoms with Crippen molar-refractivity contribution in [2.75, 3.05) is 0 Å². The molecule has 7 nitrogen and oxygen atoms in total. The molecule has 0 saturated heterocycles. The van der Waals surface area contributed by atoms with Crippen LogP contribution in [-0.2, 0) is 5.41 Å². The van der Waals surface area contributed by atoms with Crippen LogP contribution in [0.15, 0.2) is 200 Å². The zero-order chi connectivity index (χ0) is 42.8. The molecule has 8 aromatic carbocycles. The van der Waals surface area contributed by atoms with Crippen LogP contribution < -0.4 is 0 Å². The largest absolute Gasteiger partial charge is 0.308 e. The second kappa shape index (κ2) is 14.9. The summed E-state index contributed by atoms with van der Waals surface area (Å²) < 4.78 is 2.38. The smallest absolute Gasteiger partial charge is 0.166 e. The Hall–Kier alpha value is -8.42. The lowest BCUT2D eigenvalue weighted by Crippen LogP contribution is -2.15. The van der Waals surface area contributed by atoms with Gasteiger partial charge >= 0.3 is 0 Å². The number of fused-ring (bicyclic) bond motifs is 6. The Labute approximate surface area is 370 Å². The standard InChI is InChI=1S/C57H39N7/c1-57(2)46-29-17-15-27-41(46)44-34-45-42-28-16-18-30-48(42)64(50(45)35-47(44)57)49-33-40(55-60-51(36-19-7-3-8-20-36)58-52(61-55)37-21-9-4-10-22-37)31-32-43(49)56-62-53(38-23-11-5-12-24-38)59-54(63-56)39-25-13-6-14-26-39/h3-35H,1-2H3. The van der Waals surface area contributed by atoms with Crippen molar-refractivity contribution in [1.82, 2.24) is 34.5 Å². The molecule has 1 aliphatic rings. The van der Waals surface area contributed by atoms with Crippen molar-refractivity contribution in [1.29, 1.82) is 0 Å². The van der Waals surface area contributed by atoms with Crippen molar-refractivity contribution in [3.8, 4) is 85.1 Å². The number of hydrogen-bond donors (Lipinski definition) is 0. The lowest BCUT2D eigenvalue weighted by molar-refractivity contribution is 0.661. The average molecular weight is 822 g/mol. The van der Waals surface area contributed by atoms with Gasteiger partial charge in [-0.2, -0.15) is 0 Å². The zero-order valence-corrected chi connectivity index (χ0v) is 35.2. The van der Waals surface area contributed by atoms with E-state index in [1.807, 2.05) is 121 Å². The molecule has 11 aromatic rings. The van der Waals surface area contributed by atoms with Crippen LogP contribution >= 0.6 is 0 Å². The predicted octanol–water partition coefficient (Wildman–Crippen LogP) is 13.5. The van der Waals surface area contributed by atoms with Gasteiger partial charge in [-0.1, -0.05) is 184 Å². The fourth-order valence-corrected chi connectivity index (χ4v) is 9.33. The van der Waals surface area contributed by atoms with Crippen molar-refractivity contribution in [3.05, 3.63) is 211 Å². The molecule has 7 heteroatoms. The molecule has 64 heavy (non-hydrogen) atoms. The summed E-state index contributed by atoms with van der Waals surface area (Å²) in [7, 11) is 0. The van der Waals surface area contributed by atoms with E-state index in [1.165, 1.54) is 27.6 Å². The molecule has 0 spiro atoms. The summed E-state index contributed by atoms with van der Waals surface area (Å²) in [4.78, 5) is 30.9. The van der Waals surface area contributed by atoms with Crippen LogP contribution in [0.2, 0.25) is 0 Å². The highest BCUT2D eigenvalue weighted by atomic mass is 15.1.